The van der Waals surface area contributed by atoms with Crippen molar-refractivity contribution < 1.29 is 9.84 Å². The van der Waals surface area contributed by atoms with Gasteiger partial charge in [0.05, 0.1) is 6.61 Å². The van der Waals surface area contributed by atoms with Crippen LogP contribution in [0.15, 0.2) is 30.9 Å². The summed E-state index contributed by atoms with van der Waals surface area (Å²) < 4.78 is 5.49. The van der Waals surface area contributed by atoms with Crippen LogP contribution in [-0.2, 0) is 6.54 Å². The molecule has 96 valence electrons. The van der Waals surface area contributed by atoms with Crippen molar-refractivity contribution >= 4 is 24.0 Å². The smallest absolute Gasteiger partial charge is 0.124 e. The summed E-state index contributed by atoms with van der Waals surface area (Å²) in [5.74, 6) is 0.787. The van der Waals surface area contributed by atoms with Crippen LogP contribution in [0.2, 0.25) is 5.02 Å². The first-order valence-electron chi connectivity index (χ1n) is 5.11. The normalized spacial score (nSPS) is 9.53. The van der Waals surface area contributed by atoms with Gasteiger partial charge in [0.1, 0.15) is 12.4 Å². The number of benzene rings is 1. The standard InChI is InChI=1S/C12H16ClNO2.ClH/c1-2-7-16-12-4-3-11(13)8-10(12)9-14-5-6-15;/h2-4,8,14-15H,1,5-7,9H2;1H. The summed E-state index contributed by atoms with van der Waals surface area (Å²) in [6, 6.07) is 5.47. The molecule has 0 radical (unpaired) electrons. The minimum absolute atomic E-state index is 0. The maximum absolute atomic E-state index is 8.68. The third kappa shape index (κ3) is 5.94. The predicted octanol–water partition coefficient (Wildman–Crippen LogP) is 2.41. The monoisotopic (exact) mass is 277 g/mol. The molecule has 5 heteroatoms. The van der Waals surface area contributed by atoms with Gasteiger partial charge in [-0.05, 0) is 18.2 Å². The number of rotatable bonds is 7. The van der Waals surface area contributed by atoms with Gasteiger partial charge in [0.15, 0.2) is 0 Å². The molecule has 0 spiro atoms. The Hall–Kier alpha value is -0.740. The highest BCUT2D eigenvalue weighted by atomic mass is 35.5. The average Bonchev–Trinajstić information content (AvgIpc) is 2.28. The number of halogens is 2. The van der Waals surface area contributed by atoms with Gasteiger partial charge in [0, 0.05) is 23.7 Å². The zero-order valence-electron chi connectivity index (χ0n) is 9.49. The van der Waals surface area contributed by atoms with Gasteiger partial charge < -0.3 is 15.2 Å². The molecular weight excluding hydrogens is 261 g/mol. The van der Waals surface area contributed by atoms with Crippen LogP contribution in [-0.4, -0.2) is 24.9 Å². The van der Waals surface area contributed by atoms with Crippen LogP contribution in [0.1, 0.15) is 5.56 Å². The van der Waals surface area contributed by atoms with Crippen LogP contribution >= 0.6 is 24.0 Å². The van der Waals surface area contributed by atoms with Gasteiger partial charge in [0.25, 0.3) is 0 Å². The van der Waals surface area contributed by atoms with Crippen LogP contribution in [0.3, 0.4) is 0 Å². The molecule has 1 rings (SSSR count). The summed E-state index contributed by atoms with van der Waals surface area (Å²) in [5.41, 5.74) is 0.975. The average molecular weight is 278 g/mol. The van der Waals surface area contributed by atoms with E-state index in [0.717, 1.165) is 11.3 Å². The fourth-order valence-electron chi connectivity index (χ4n) is 1.28. The summed E-state index contributed by atoms with van der Waals surface area (Å²) in [6.45, 7) is 5.35. The highest BCUT2D eigenvalue weighted by molar-refractivity contribution is 6.30. The van der Waals surface area contributed by atoms with E-state index in [4.69, 9.17) is 21.4 Å². The molecule has 0 aliphatic rings. The molecule has 0 aromatic heterocycles. The number of hydrogen-bond donors (Lipinski definition) is 2. The maximum Gasteiger partial charge on any atom is 0.124 e. The predicted molar refractivity (Wildman–Crippen MR) is 73.2 cm³/mol. The second kappa shape index (κ2) is 9.31. The van der Waals surface area contributed by atoms with Crippen LogP contribution in [0.25, 0.3) is 0 Å². The fourth-order valence-corrected chi connectivity index (χ4v) is 1.47. The highest BCUT2D eigenvalue weighted by Gasteiger charge is 2.03. The van der Waals surface area contributed by atoms with Crippen molar-refractivity contribution in [3.05, 3.63) is 41.4 Å². The molecule has 17 heavy (non-hydrogen) atoms. The lowest BCUT2D eigenvalue weighted by molar-refractivity contribution is 0.291. The highest BCUT2D eigenvalue weighted by Crippen LogP contribution is 2.22. The molecule has 2 N–H and O–H groups in total. The Bertz CT molecular complexity index is 345. The molecule has 3 nitrogen and oxygen atoms in total. The van der Waals surface area contributed by atoms with Crippen LogP contribution in [0, 0.1) is 0 Å². The first kappa shape index (κ1) is 16.3. The van der Waals surface area contributed by atoms with Gasteiger partial charge in [-0.3, -0.25) is 0 Å². The van der Waals surface area contributed by atoms with E-state index in [1.54, 1.807) is 12.1 Å². The van der Waals surface area contributed by atoms with E-state index in [2.05, 4.69) is 11.9 Å². The molecule has 0 atom stereocenters. The van der Waals surface area contributed by atoms with Crippen molar-refractivity contribution in [1.82, 2.24) is 5.32 Å². The van der Waals surface area contributed by atoms with Crippen molar-refractivity contribution in [2.75, 3.05) is 19.8 Å². The Balaban J connectivity index is 0.00000256. The molecule has 0 heterocycles. The van der Waals surface area contributed by atoms with Gasteiger partial charge in [-0.25, -0.2) is 0 Å². The summed E-state index contributed by atoms with van der Waals surface area (Å²) in [4.78, 5) is 0. The van der Waals surface area contributed by atoms with E-state index in [9.17, 15) is 0 Å². The minimum atomic E-state index is 0. The lowest BCUT2D eigenvalue weighted by atomic mass is 10.2. The van der Waals surface area contributed by atoms with Gasteiger partial charge in [-0.15, -0.1) is 12.4 Å². The van der Waals surface area contributed by atoms with Crippen molar-refractivity contribution in [3.63, 3.8) is 0 Å². The number of aliphatic hydroxyl groups excluding tert-OH is 1. The topological polar surface area (TPSA) is 41.5 Å². The molecule has 0 aliphatic carbocycles. The van der Waals surface area contributed by atoms with E-state index in [-0.39, 0.29) is 19.0 Å². The molecule has 0 unspecified atom stereocenters. The molecule has 0 amide bonds. The second-order valence-corrected chi connectivity index (χ2v) is 3.69. The molecule has 0 fully saturated rings. The second-order valence-electron chi connectivity index (χ2n) is 3.25. The lowest BCUT2D eigenvalue weighted by Gasteiger charge is -2.11. The third-order valence-electron chi connectivity index (χ3n) is 1.98. The van der Waals surface area contributed by atoms with Crippen LogP contribution in [0.5, 0.6) is 5.75 Å². The van der Waals surface area contributed by atoms with E-state index < -0.39 is 0 Å². The Labute approximate surface area is 113 Å². The molecule has 1 aromatic rings. The molecule has 0 aliphatic heterocycles. The first-order chi connectivity index (χ1) is 7.77. The SMILES string of the molecule is C=CCOc1ccc(Cl)cc1CNCCO.Cl. The molecule has 1 aromatic carbocycles. The third-order valence-corrected chi connectivity index (χ3v) is 2.22. The Morgan fingerprint density at radius 3 is 2.88 bits per heavy atom. The Kier molecular flexibility index (Phi) is 8.90. The van der Waals surface area contributed by atoms with Crippen molar-refractivity contribution in [3.8, 4) is 5.75 Å². The summed E-state index contributed by atoms with van der Waals surface area (Å²) in [7, 11) is 0. The van der Waals surface area contributed by atoms with Crippen molar-refractivity contribution in [2.24, 2.45) is 0 Å². The fraction of sp³-hybridized carbons (Fsp3) is 0.333. The molecule has 0 saturated heterocycles. The van der Waals surface area contributed by atoms with Gasteiger partial charge in [0.2, 0.25) is 0 Å². The maximum atomic E-state index is 8.68. The lowest BCUT2D eigenvalue weighted by Crippen LogP contribution is -2.18. The Morgan fingerprint density at radius 2 is 2.24 bits per heavy atom. The number of hydrogen-bond acceptors (Lipinski definition) is 3. The zero-order chi connectivity index (χ0) is 11.8. The quantitative estimate of drug-likeness (QED) is 0.594. The van der Waals surface area contributed by atoms with Gasteiger partial charge in [-0.1, -0.05) is 24.3 Å². The largest absolute Gasteiger partial charge is 0.489 e. The van der Waals surface area contributed by atoms with Crippen molar-refractivity contribution in [2.45, 2.75) is 6.54 Å². The summed E-state index contributed by atoms with van der Waals surface area (Å²) in [6.07, 6.45) is 1.69. The molecular formula is C12H17Cl2NO2. The van der Waals surface area contributed by atoms with E-state index in [0.29, 0.717) is 24.7 Å². The number of aliphatic hydroxyl groups is 1. The van der Waals surface area contributed by atoms with Crippen LogP contribution in [0.4, 0.5) is 0 Å². The molecule has 0 saturated carbocycles. The summed E-state index contributed by atoms with van der Waals surface area (Å²) in [5, 5.41) is 12.4. The zero-order valence-corrected chi connectivity index (χ0v) is 11.1. The van der Waals surface area contributed by atoms with Crippen molar-refractivity contribution in [1.29, 1.82) is 0 Å². The first-order valence-corrected chi connectivity index (χ1v) is 5.49. The number of nitrogens with one attached hydrogen (secondary N) is 1. The van der Waals surface area contributed by atoms with Gasteiger partial charge in [-0.2, -0.15) is 0 Å². The van der Waals surface area contributed by atoms with E-state index >= 15 is 0 Å². The summed E-state index contributed by atoms with van der Waals surface area (Å²) >= 11 is 5.91. The Morgan fingerprint density at radius 1 is 1.47 bits per heavy atom. The minimum Gasteiger partial charge on any atom is -0.489 e. The van der Waals surface area contributed by atoms with Gasteiger partial charge >= 0.3 is 0 Å². The van der Waals surface area contributed by atoms with E-state index in [1.165, 1.54) is 0 Å². The molecule has 0 bridgehead atoms. The number of ether oxygens (including phenoxy) is 1. The van der Waals surface area contributed by atoms with Crippen LogP contribution < -0.4 is 10.1 Å². The van der Waals surface area contributed by atoms with E-state index in [1.807, 2.05) is 12.1 Å².